The lowest BCUT2D eigenvalue weighted by Gasteiger charge is -2.12. The summed E-state index contributed by atoms with van der Waals surface area (Å²) in [5.74, 6) is -0.276. The number of hydrogen-bond donors (Lipinski definition) is 1. The maximum Gasteiger partial charge on any atom is 0.573 e. The van der Waals surface area contributed by atoms with Gasteiger partial charge in [0.1, 0.15) is 5.75 Å². The molecule has 11 heteroatoms. The van der Waals surface area contributed by atoms with Crippen molar-refractivity contribution in [2.45, 2.75) is 31.1 Å². The minimum absolute atomic E-state index is 0.0359. The zero-order valence-electron chi connectivity index (χ0n) is 12.0. The Hall–Kier alpha value is -2.14. The average molecular weight is 351 g/mol. The molecule has 2 aromatic rings. The van der Waals surface area contributed by atoms with Crippen LogP contribution in [0.25, 0.3) is 0 Å². The average Bonchev–Trinajstić information content (AvgIpc) is 2.83. The number of halogens is 3. The summed E-state index contributed by atoms with van der Waals surface area (Å²) in [6, 6.07) is 3.18. The van der Waals surface area contributed by atoms with Gasteiger partial charge < -0.3 is 9.26 Å². The van der Waals surface area contributed by atoms with Crippen LogP contribution in [0.4, 0.5) is 13.2 Å². The Balaban J connectivity index is 2.21. The van der Waals surface area contributed by atoms with E-state index in [9.17, 15) is 21.6 Å². The molecule has 1 aromatic carbocycles. The fourth-order valence-electron chi connectivity index (χ4n) is 1.68. The largest absolute Gasteiger partial charge is 0.573 e. The Labute approximate surface area is 129 Å². The molecule has 0 aliphatic rings. The Morgan fingerprint density at radius 3 is 2.61 bits per heavy atom. The van der Waals surface area contributed by atoms with Crippen molar-refractivity contribution in [1.29, 1.82) is 0 Å². The van der Waals surface area contributed by atoms with Gasteiger partial charge in [0.2, 0.25) is 15.9 Å². The van der Waals surface area contributed by atoms with E-state index in [4.69, 9.17) is 4.52 Å². The molecular weight excluding hydrogens is 339 g/mol. The van der Waals surface area contributed by atoms with Gasteiger partial charge in [-0.15, -0.1) is 13.2 Å². The first-order valence-corrected chi connectivity index (χ1v) is 7.73. The second-order valence-electron chi connectivity index (χ2n) is 4.55. The maximum atomic E-state index is 12.2. The quantitative estimate of drug-likeness (QED) is 0.888. The Kier molecular flexibility index (Phi) is 4.61. The number of aryl methyl sites for hydroxylation is 1. The van der Waals surface area contributed by atoms with Gasteiger partial charge in [0.05, 0.1) is 10.9 Å². The molecular formula is C12H12F3N3O4S. The number of nitrogens with zero attached hydrogens (tertiary/aromatic N) is 2. The van der Waals surface area contributed by atoms with Crippen molar-refractivity contribution in [2.24, 2.45) is 0 Å². The summed E-state index contributed by atoms with van der Waals surface area (Å²) < 4.78 is 71.7. The molecule has 0 saturated heterocycles. The molecule has 1 N–H and O–H groups in total. The molecule has 0 aliphatic carbocycles. The third-order valence-corrected chi connectivity index (χ3v) is 4.13. The van der Waals surface area contributed by atoms with Gasteiger partial charge in [-0.3, -0.25) is 0 Å². The van der Waals surface area contributed by atoms with E-state index in [0.717, 1.165) is 24.3 Å². The molecule has 1 aromatic heterocycles. The van der Waals surface area contributed by atoms with Gasteiger partial charge >= 0.3 is 6.36 Å². The fourth-order valence-corrected chi connectivity index (χ4v) is 2.91. The number of alkyl halides is 3. The van der Waals surface area contributed by atoms with E-state index < -0.39 is 28.2 Å². The standard InChI is InChI=1S/C12H12F3N3O4S/c1-7(11-16-8(2)17-22-11)18-23(19,20)10-5-3-4-9(6-10)21-12(13,14)15/h3-7,18H,1-2H3. The van der Waals surface area contributed by atoms with Gasteiger partial charge in [-0.25, -0.2) is 8.42 Å². The van der Waals surface area contributed by atoms with E-state index in [1.165, 1.54) is 6.92 Å². The Morgan fingerprint density at radius 1 is 1.35 bits per heavy atom. The lowest BCUT2D eigenvalue weighted by molar-refractivity contribution is -0.274. The molecule has 0 radical (unpaired) electrons. The predicted octanol–water partition coefficient (Wildman–Crippen LogP) is 2.32. The molecule has 0 amide bonds. The van der Waals surface area contributed by atoms with Crippen molar-refractivity contribution in [3.63, 3.8) is 0 Å². The van der Waals surface area contributed by atoms with Gasteiger partial charge in [0.25, 0.3) is 0 Å². The van der Waals surface area contributed by atoms with E-state index >= 15 is 0 Å². The second-order valence-corrected chi connectivity index (χ2v) is 6.26. The summed E-state index contributed by atoms with van der Waals surface area (Å²) in [7, 11) is -4.10. The molecule has 7 nitrogen and oxygen atoms in total. The zero-order chi connectivity index (χ0) is 17.3. The lowest BCUT2D eigenvalue weighted by Crippen LogP contribution is -2.27. The zero-order valence-corrected chi connectivity index (χ0v) is 12.8. The summed E-state index contributed by atoms with van der Waals surface area (Å²) in [5, 5.41) is 3.53. The first-order chi connectivity index (χ1) is 10.6. The van der Waals surface area contributed by atoms with E-state index in [1.807, 2.05) is 0 Å². The molecule has 23 heavy (non-hydrogen) atoms. The number of sulfonamides is 1. The molecule has 1 atom stereocenters. The predicted molar refractivity (Wildman–Crippen MR) is 70.9 cm³/mol. The third-order valence-electron chi connectivity index (χ3n) is 2.60. The van der Waals surface area contributed by atoms with Crippen LogP contribution in [0.2, 0.25) is 0 Å². The summed E-state index contributed by atoms with van der Waals surface area (Å²) in [6.07, 6.45) is -4.91. The smallest absolute Gasteiger partial charge is 0.406 e. The van der Waals surface area contributed by atoms with Crippen molar-refractivity contribution in [3.8, 4) is 5.75 Å². The summed E-state index contributed by atoms with van der Waals surface area (Å²) >= 11 is 0. The van der Waals surface area contributed by atoms with Gasteiger partial charge in [-0.05, 0) is 26.0 Å². The highest BCUT2D eigenvalue weighted by Crippen LogP contribution is 2.25. The normalized spacial score (nSPS) is 13.8. The van der Waals surface area contributed by atoms with Crippen molar-refractivity contribution in [1.82, 2.24) is 14.9 Å². The number of aromatic nitrogens is 2. The van der Waals surface area contributed by atoms with Crippen LogP contribution in [0, 0.1) is 6.92 Å². The molecule has 0 bridgehead atoms. The molecule has 0 aliphatic heterocycles. The maximum absolute atomic E-state index is 12.2. The van der Waals surface area contributed by atoms with Crippen LogP contribution in [0.3, 0.4) is 0 Å². The fraction of sp³-hybridized carbons (Fsp3) is 0.333. The molecule has 0 fully saturated rings. The minimum Gasteiger partial charge on any atom is -0.406 e. The van der Waals surface area contributed by atoms with E-state index in [1.54, 1.807) is 6.92 Å². The summed E-state index contributed by atoms with van der Waals surface area (Å²) in [6.45, 7) is 3.02. The molecule has 2 rings (SSSR count). The SMILES string of the molecule is Cc1noc(C(C)NS(=O)(=O)c2cccc(OC(F)(F)F)c2)n1. The van der Waals surface area contributed by atoms with Crippen LogP contribution in [0.15, 0.2) is 33.7 Å². The molecule has 0 saturated carbocycles. The van der Waals surface area contributed by atoms with E-state index in [0.29, 0.717) is 5.82 Å². The van der Waals surface area contributed by atoms with Gasteiger partial charge in [-0.1, -0.05) is 11.2 Å². The topological polar surface area (TPSA) is 94.3 Å². The van der Waals surface area contributed by atoms with E-state index in [2.05, 4.69) is 19.6 Å². The Morgan fingerprint density at radius 2 is 2.04 bits per heavy atom. The van der Waals surface area contributed by atoms with Gasteiger partial charge in [0.15, 0.2) is 5.82 Å². The number of nitrogens with one attached hydrogen (secondary N) is 1. The van der Waals surface area contributed by atoms with Crippen LogP contribution >= 0.6 is 0 Å². The molecule has 126 valence electrons. The first kappa shape index (κ1) is 17.2. The number of ether oxygens (including phenoxy) is 1. The monoisotopic (exact) mass is 351 g/mol. The van der Waals surface area contributed by atoms with Crippen molar-refractivity contribution in [2.75, 3.05) is 0 Å². The Bertz CT molecular complexity index is 789. The highest BCUT2D eigenvalue weighted by molar-refractivity contribution is 7.89. The molecule has 1 unspecified atom stereocenters. The number of hydrogen-bond acceptors (Lipinski definition) is 6. The van der Waals surface area contributed by atoms with Crippen LogP contribution < -0.4 is 9.46 Å². The lowest BCUT2D eigenvalue weighted by atomic mass is 10.3. The van der Waals surface area contributed by atoms with Crippen molar-refractivity contribution in [3.05, 3.63) is 36.0 Å². The second kappa shape index (κ2) is 6.16. The molecule has 1 heterocycles. The molecule has 0 spiro atoms. The highest BCUT2D eigenvalue weighted by Gasteiger charge is 2.31. The van der Waals surface area contributed by atoms with Gasteiger partial charge in [-0.2, -0.15) is 9.71 Å². The van der Waals surface area contributed by atoms with Gasteiger partial charge in [0, 0.05) is 6.07 Å². The van der Waals surface area contributed by atoms with Crippen LogP contribution in [-0.4, -0.2) is 24.9 Å². The van der Waals surface area contributed by atoms with E-state index in [-0.39, 0.29) is 10.8 Å². The van der Waals surface area contributed by atoms with Crippen molar-refractivity contribution < 1.29 is 30.8 Å². The van der Waals surface area contributed by atoms with Crippen LogP contribution in [-0.2, 0) is 10.0 Å². The van der Waals surface area contributed by atoms with Crippen LogP contribution in [0.5, 0.6) is 5.75 Å². The highest BCUT2D eigenvalue weighted by atomic mass is 32.2. The van der Waals surface area contributed by atoms with Crippen LogP contribution in [0.1, 0.15) is 24.7 Å². The minimum atomic E-state index is -4.91. The van der Waals surface area contributed by atoms with Crippen molar-refractivity contribution >= 4 is 10.0 Å². The summed E-state index contributed by atoms with van der Waals surface area (Å²) in [5.41, 5.74) is 0. The number of benzene rings is 1. The third kappa shape index (κ3) is 4.66. The number of rotatable bonds is 5. The summed E-state index contributed by atoms with van der Waals surface area (Å²) in [4.78, 5) is 3.49. The first-order valence-electron chi connectivity index (χ1n) is 6.25.